The van der Waals surface area contributed by atoms with Gasteiger partial charge in [-0.25, -0.2) is 8.42 Å². The zero-order valence-electron chi connectivity index (χ0n) is 7.99. The summed E-state index contributed by atoms with van der Waals surface area (Å²) < 4.78 is 23.9. The van der Waals surface area contributed by atoms with Crippen LogP contribution in [0.5, 0.6) is 0 Å². The summed E-state index contributed by atoms with van der Waals surface area (Å²) in [4.78, 5) is 10.8. The molecule has 0 heterocycles. The van der Waals surface area contributed by atoms with E-state index in [9.17, 15) is 13.2 Å². The van der Waals surface area contributed by atoms with Crippen molar-refractivity contribution in [2.45, 2.75) is 32.2 Å². The van der Waals surface area contributed by atoms with Crippen molar-refractivity contribution < 1.29 is 18.3 Å². The third-order valence-corrected chi connectivity index (χ3v) is 2.76. The average Bonchev–Trinajstić information content (AvgIpc) is 1.98. The van der Waals surface area contributed by atoms with Crippen LogP contribution in [-0.2, 0) is 14.8 Å². The molecule has 5 nitrogen and oxygen atoms in total. The Labute approximate surface area is 78.2 Å². The van der Waals surface area contributed by atoms with E-state index < -0.39 is 21.5 Å². The molecule has 0 aromatic rings. The maximum atomic E-state index is 10.9. The maximum Gasteiger partial charge on any atom is 0.324 e. The Morgan fingerprint density at radius 2 is 1.77 bits per heavy atom. The molecule has 0 amide bonds. The third-order valence-electron chi connectivity index (χ3n) is 2.00. The molecule has 0 unspecified atom stereocenters. The minimum absolute atomic E-state index is 0.228. The van der Waals surface area contributed by atoms with E-state index in [1.165, 1.54) is 0 Å². The smallest absolute Gasteiger partial charge is 0.324 e. The van der Waals surface area contributed by atoms with Crippen LogP contribution in [0.25, 0.3) is 0 Å². The van der Waals surface area contributed by atoms with Gasteiger partial charge in [0.1, 0.15) is 5.54 Å². The van der Waals surface area contributed by atoms with Crippen LogP contribution in [0.1, 0.15) is 26.7 Å². The molecular formula is C7H15NO4S. The number of carboxylic acids is 1. The Morgan fingerprint density at radius 3 is 1.85 bits per heavy atom. The van der Waals surface area contributed by atoms with Crippen molar-refractivity contribution in [2.24, 2.45) is 0 Å². The maximum absolute atomic E-state index is 10.9. The lowest BCUT2D eigenvalue weighted by molar-refractivity contribution is -0.144. The van der Waals surface area contributed by atoms with Crippen molar-refractivity contribution in [2.75, 3.05) is 6.26 Å². The number of hydrogen-bond acceptors (Lipinski definition) is 3. The summed E-state index contributed by atoms with van der Waals surface area (Å²) in [6.07, 6.45) is 1.41. The predicted octanol–water partition coefficient (Wildman–Crippen LogP) is 0.179. The minimum atomic E-state index is -3.48. The molecule has 13 heavy (non-hydrogen) atoms. The Balaban J connectivity index is 4.90. The number of hydrogen-bond donors (Lipinski definition) is 2. The monoisotopic (exact) mass is 209 g/mol. The highest BCUT2D eigenvalue weighted by atomic mass is 32.2. The quantitative estimate of drug-likeness (QED) is 0.676. The first-order chi connectivity index (χ1) is 5.77. The summed E-state index contributed by atoms with van der Waals surface area (Å²) in [5.74, 6) is -1.14. The van der Waals surface area contributed by atoms with Crippen molar-refractivity contribution in [1.29, 1.82) is 0 Å². The van der Waals surface area contributed by atoms with Gasteiger partial charge in [0.25, 0.3) is 0 Å². The van der Waals surface area contributed by atoms with Gasteiger partial charge in [0.05, 0.1) is 6.26 Å². The molecule has 6 heteroatoms. The zero-order chi connectivity index (χ0) is 10.7. The lowest BCUT2D eigenvalue weighted by Gasteiger charge is -2.26. The van der Waals surface area contributed by atoms with Crippen molar-refractivity contribution >= 4 is 16.0 Å². The Kier molecular flexibility index (Phi) is 3.87. The van der Waals surface area contributed by atoms with E-state index in [-0.39, 0.29) is 12.8 Å². The molecule has 0 saturated carbocycles. The molecule has 0 spiro atoms. The summed E-state index contributed by atoms with van der Waals surface area (Å²) in [6.45, 7) is 3.27. The van der Waals surface area contributed by atoms with Crippen molar-refractivity contribution in [3.05, 3.63) is 0 Å². The molecule has 0 bridgehead atoms. The van der Waals surface area contributed by atoms with E-state index in [2.05, 4.69) is 4.72 Å². The van der Waals surface area contributed by atoms with Gasteiger partial charge in [0.2, 0.25) is 10.0 Å². The first kappa shape index (κ1) is 12.4. The summed E-state index contributed by atoms with van der Waals surface area (Å²) >= 11 is 0. The third kappa shape index (κ3) is 3.31. The Hall–Kier alpha value is -0.620. The molecule has 0 fully saturated rings. The van der Waals surface area contributed by atoms with Gasteiger partial charge < -0.3 is 5.11 Å². The van der Waals surface area contributed by atoms with E-state index in [0.29, 0.717) is 0 Å². The molecule has 0 rings (SSSR count). The van der Waals surface area contributed by atoms with E-state index in [1.807, 2.05) is 0 Å². The summed E-state index contributed by atoms with van der Waals surface area (Å²) in [6, 6.07) is 0. The van der Waals surface area contributed by atoms with Gasteiger partial charge >= 0.3 is 5.97 Å². The lowest BCUT2D eigenvalue weighted by atomic mass is 9.95. The van der Waals surface area contributed by atoms with Crippen molar-refractivity contribution in [3.63, 3.8) is 0 Å². The van der Waals surface area contributed by atoms with Gasteiger partial charge in [0.15, 0.2) is 0 Å². The minimum Gasteiger partial charge on any atom is -0.480 e. The Bertz CT molecular complexity index is 279. The fourth-order valence-corrected chi connectivity index (χ4v) is 2.18. The van der Waals surface area contributed by atoms with E-state index in [0.717, 1.165) is 6.26 Å². The second-order valence-electron chi connectivity index (χ2n) is 2.97. The average molecular weight is 209 g/mol. The summed E-state index contributed by atoms with van der Waals surface area (Å²) in [5, 5.41) is 8.86. The summed E-state index contributed by atoms with van der Waals surface area (Å²) in [7, 11) is -3.48. The first-order valence-electron chi connectivity index (χ1n) is 3.99. The second kappa shape index (κ2) is 4.06. The summed E-state index contributed by atoms with van der Waals surface area (Å²) in [5.41, 5.74) is -1.35. The number of carboxylic acid groups (broad SMARTS) is 1. The molecule has 0 aromatic carbocycles. The molecule has 0 aliphatic heterocycles. The number of sulfonamides is 1. The fraction of sp³-hybridized carbons (Fsp3) is 0.857. The molecule has 0 aliphatic rings. The number of rotatable bonds is 5. The van der Waals surface area contributed by atoms with Crippen LogP contribution >= 0.6 is 0 Å². The topological polar surface area (TPSA) is 83.5 Å². The van der Waals surface area contributed by atoms with E-state index >= 15 is 0 Å². The number of nitrogens with one attached hydrogen (secondary N) is 1. The lowest BCUT2D eigenvalue weighted by Crippen LogP contribution is -2.53. The molecule has 0 aromatic heterocycles. The van der Waals surface area contributed by atoms with Crippen LogP contribution < -0.4 is 4.72 Å². The normalized spacial score (nSPS) is 12.8. The van der Waals surface area contributed by atoms with Gasteiger partial charge in [-0.05, 0) is 12.8 Å². The van der Waals surface area contributed by atoms with Crippen LogP contribution in [0.4, 0.5) is 0 Å². The highest BCUT2D eigenvalue weighted by molar-refractivity contribution is 7.88. The molecular weight excluding hydrogens is 194 g/mol. The molecule has 78 valence electrons. The van der Waals surface area contributed by atoms with Crippen LogP contribution in [0, 0.1) is 0 Å². The van der Waals surface area contributed by atoms with Crippen molar-refractivity contribution in [1.82, 2.24) is 4.72 Å². The molecule has 0 radical (unpaired) electrons. The second-order valence-corrected chi connectivity index (χ2v) is 4.72. The number of carbonyl (C=O) groups is 1. The van der Waals surface area contributed by atoms with Crippen LogP contribution in [0.2, 0.25) is 0 Å². The van der Waals surface area contributed by atoms with Gasteiger partial charge in [0, 0.05) is 0 Å². The van der Waals surface area contributed by atoms with Gasteiger partial charge in [-0.1, -0.05) is 13.8 Å². The van der Waals surface area contributed by atoms with E-state index in [4.69, 9.17) is 5.11 Å². The van der Waals surface area contributed by atoms with Crippen LogP contribution in [0.3, 0.4) is 0 Å². The predicted molar refractivity (Wildman–Crippen MR) is 48.9 cm³/mol. The molecule has 0 aliphatic carbocycles. The van der Waals surface area contributed by atoms with Crippen LogP contribution in [0.15, 0.2) is 0 Å². The first-order valence-corrected chi connectivity index (χ1v) is 5.89. The van der Waals surface area contributed by atoms with Gasteiger partial charge in [-0.15, -0.1) is 0 Å². The standard InChI is InChI=1S/C7H15NO4S/c1-4-7(5-2,6(9)10)8-13(3,11)12/h8H,4-5H2,1-3H3,(H,9,10). The van der Waals surface area contributed by atoms with Gasteiger partial charge in [-0.3, -0.25) is 4.79 Å². The fourth-order valence-electron chi connectivity index (χ4n) is 1.10. The molecule has 0 atom stereocenters. The van der Waals surface area contributed by atoms with Crippen LogP contribution in [-0.4, -0.2) is 31.3 Å². The molecule has 0 saturated heterocycles. The van der Waals surface area contributed by atoms with Gasteiger partial charge in [-0.2, -0.15) is 4.72 Å². The highest BCUT2D eigenvalue weighted by Crippen LogP contribution is 2.16. The molecule has 2 N–H and O–H groups in total. The van der Waals surface area contributed by atoms with Crippen molar-refractivity contribution in [3.8, 4) is 0 Å². The zero-order valence-corrected chi connectivity index (χ0v) is 8.81. The highest BCUT2D eigenvalue weighted by Gasteiger charge is 2.37. The SMILES string of the molecule is CCC(CC)(NS(C)(=O)=O)C(=O)O. The van der Waals surface area contributed by atoms with E-state index in [1.54, 1.807) is 13.8 Å². The Morgan fingerprint density at radius 1 is 1.38 bits per heavy atom. The number of aliphatic carboxylic acids is 1. The largest absolute Gasteiger partial charge is 0.480 e.